The number of nitrogens with zero attached hydrogens (tertiary/aromatic N) is 7. The van der Waals surface area contributed by atoms with Crippen molar-refractivity contribution in [1.29, 1.82) is 0 Å². The standard InChI is InChI=1S/C20H21N9O2/c1-21-17-7-16-23-14-5-11(6-15-18(14)25-26-27(15)2)10-31-12-3-4-28(9-12)20(30)13-8-22-29(17)19(13)24-16/h5-8,12,21H,3-4,9-10H2,1-2H3,(H,23,24)/t12-/m1/s1. The first-order chi connectivity index (χ1) is 15.1. The van der Waals surface area contributed by atoms with Gasteiger partial charge in [-0.05, 0) is 24.1 Å². The molecule has 3 aromatic heterocycles. The van der Waals surface area contributed by atoms with Crippen LogP contribution >= 0.6 is 0 Å². The highest BCUT2D eigenvalue weighted by atomic mass is 16.5. The van der Waals surface area contributed by atoms with Gasteiger partial charge in [0.1, 0.15) is 22.7 Å². The number of anilines is 3. The van der Waals surface area contributed by atoms with Gasteiger partial charge >= 0.3 is 0 Å². The highest BCUT2D eigenvalue weighted by Gasteiger charge is 2.30. The van der Waals surface area contributed by atoms with Crippen LogP contribution in [0.4, 0.5) is 17.3 Å². The van der Waals surface area contributed by atoms with Crippen LogP contribution in [0.3, 0.4) is 0 Å². The summed E-state index contributed by atoms with van der Waals surface area (Å²) in [6.45, 7) is 1.64. The summed E-state index contributed by atoms with van der Waals surface area (Å²) in [6.07, 6.45) is 2.37. The van der Waals surface area contributed by atoms with E-state index < -0.39 is 0 Å². The summed E-state index contributed by atoms with van der Waals surface area (Å²) in [7, 11) is 3.68. The lowest BCUT2D eigenvalue weighted by molar-refractivity contribution is 0.0438. The van der Waals surface area contributed by atoms with Gasteiger partial charge in [0, 0.05) is 33.3 Å². The first-order valence-corrected chi connectivity index (χ1v) is 10.2. The van der Waals surface area contributed by atoms with E-state index in [0.717, 1.165) is 28.7 Å². The Balaban J connectivity index is 1.58. The molecule has 11 heteroatoms. The smallest absolute Gasteiger partial charge is 0.259 e. The number of fused-ring (bicyclic) bond motifs is 7. The average Bonchev–Trinajstić information content (AvgIpc) is 3.50. The van der Waals surface area contributed by atoms with Gasteiger partial charge in [0.15, 0.2) is 5.65 Å². The van der Waals surface area contributed by atoms with E-state index in [4.69, 9.17) is 9.72 Å². The summed E-state index contributed by atoms with van der Waals surface area (Å²) in [5.74, 6) is 1.21. The molecule has 0 saturated carbocycles. The van der Waals surface area contributed by atoms with Crippen molar-refractivity contribution in [3.8, 4) is 0 Å². The van der Waals surface area contributed by atoms with Crippen LogP contribution in [-0.4, -0.2) is 66.6 Å². The lowest BCUT2D eigenvalue weighted by atomic mass is 10.1. The summed E-state index contributed by atoms with van der Waals surface area (Å²) in [4.78, 5) is 19.8. The number of hydrogen-bond donors (Lipinski definition) is 2. The lowest BCUT2D eigenvalue weighted by Crippen LogP contribution is -2.30. The molecule has 1 fully saturated rings. The van der Waals surface area contributed by atoms with Gasteiger partial charge in [-0.3, -0.25) is 4.79 Å². The first kappa shape index (κ1) is 18.1. The molecule has 6 bridgehead atoms. The zero-order valence-corrected chi connectivity index (χ0v) is 17.2. The summed E-state index contributed by atoms with van der Waals surface area (Å²) in [5.41, 5.74) is 4.38. The van der Waals surface area contributed by atoms with Gasteiger partial charge in [0.25, 0.3) is 5.91 Å². The van der Waals surface area contributed by atoms with E-state index in [9.17, 15) is 4.79 Å². The van der Waals surface area contributed by atoms with Crippen LogP contribution in [0.5, 0.6) is 0 Å². The van der Waals surface area contributed by atoms with Crippen molar-refractivity contribution in [1.82, 2.24) is 34.5 Å². The molecule has 11 nitrogen and oxygen atoms in total. The first-order valence-electron chi connectivity index (χ1n) is 10.2. The van der Waals surface area contributed by atoms with E-state index in [0.29, 0.717) is 42.5 Å². The summed E-state index contributed by atoms with van der Waals surface area (Å²) < 4.78 is 9.54. The highest BCUT2D eigenvalue weighted by Crippen LogP contribution is 2.29. The third-order valence-corrected chi connectivity index (χ3v) is 5.92. The second-order valence-electron chi connectivity index (χ2n) is 7.89. The molecule has 158 valence electrons. The lowest BCUT2D eigenvalue weighted by Gasteiger charge is -2.18. The number of amides is 1. The van der Waals surface area contributed by atoms with E-state index in [1.54, 1.807) is 15.4 Å². The number of rotatable bonds is 1. The van der Waals surface area contributed by atoms with Crippen molar-refractivity contribution >= 4 is 39.9 Å². The topological polar surface area (TPSA) is 114 Å². The molecular weight excluding hydrogens is 398 g/mol. The van der Waals surface area contributed by atoms with Crippen molar-refractivity contribution < 1.29 is 9.53 Å². The van der Waals surface area contributed by atoms with E-state index in [1.165, 1.54) is 0 Å². The highest BCUT2D eigenvalue weighted by molar-refractivity contribution is 6.00. The zero-order valence-electron chi connectivity index (χ0n) is 17.2. The molecule has 6 rings (SSSR count). The van der Waals surface area contributed by atoms with E-state index in [-0.39, 0.29) is 12.0 Å². The average molecular weight is 419 g/mol. The van der Waals surface area contributed by atoms with Gasteiger partial charge in [-0.2, -0.15) is 9.61 Å². The molecule has 31 heavy (non-hydrogen) atoms. The Kier molecular flexibility index (Phi) is 3.87. The van der Waals surface area contributed by atoms with Gasteiger partial charge in [-0.1, -0.05) is 5.21 Å². The zero-order chi connectivity index (χ0) is 21.1. The monoisotopic (exact) mass is 419 g/mol. The number of nitrogens with one attached hydrogen (secondary N) is 2. The molecule has 1 atom stereocenters. The number of carbonyl (C=O) groups is 1. The second kappa shape index (κ2) is 6.64. The van der Waals surface area contributed by atoms with Crippen LogP contribution in [0.25, 0.3) is 16.7 Å². The van der Waals surface area contributed by atoms with Crippen molar-refractivity contribution in [3.05, 3.63) is 35.5 Å². The van der Waals surface area contributed by atoms with Crippen LogP contribution in [0.2, 0.25) is 0 Å². The number of ether oxygens (including phenoxy) is 1. The molecule has 4 aromatic rings. The predicted octanol–water partition coefficient (Wildman–Crippen LogP) is 1.54. The number of benzene rings is 1. The molecule has 2 N–H and O–H groups in total. The van der Waals surface area contributed by atoms with E-state index in [2.05, 4.69) is 26.0 Å². The van der Waals surface area contributed by atoms with Crippen LogP contribution < -0.4 is 10.6 Å². The van der Waals surface area contributed by atoms with Crippen LogP contribution in [0, 0.1) is 0 Å². The fraction of sp³-hybridized carbons (Fsp3) is 0.350. The van der Waals surface area contributed by atoms with Crippen molar-refractivity contribution in [3.63, 3.8) is 0 Å². The SMILES string of the molecule is CNc1cc2nc3c(cnn13)C(=O)N1CC[C@H](C1)OCc1cc(c3nnn(C)c3c1)N2. The Bertz CT molecular complexity index is 1340. The Hall–Kier alpha value is -3.73. The normalized spacial score (nSPS) is 18.6. The van der Waals surface area contributed by atoms with Crippen molar-refractivity contribution in [2.24, 2.45) is 7.05 Å². The van der Waals surface area contributed by atoms with E-state index in [1.807, 2.05) is 37.2 Å². The van der Waals surface area contributed by atoms with Gasteiger partial charge < -0.3 is 20.3 Å². The maximum atomic E-state index is 13.2. The molecule has 5 heterocycles. The Morgan fingerprint density at radius 1 is 1.29 bits per heavy atom. The van der Waals surface area contributed by atoms with E-state index >= 15 is 0 Å². The van der Waals surface area contributed by atoms with Crippen molar-refractivity contribution in [2.75, 3.05) is 30.8 Å². The molecule has 2 aliphatic heterocycles. The fourth-order valence-corrected chi connectivity index (χ4v) is 4.29. The third-order valence-electron chi connectivity index (χ3n) is 5.92. The molecule has 0 aliphatic carbocycles. The minimum absolute atomic E-state index is 0.0121. The summed E-state index contributed by atoms with van der Waals surface area (Å²) in [5, 5.41) is 19.4. The van der Waals surface area contributed by atoms with Gasteiger partial charge in [0.05, 0.1) is 30.1 Å². The van der Waals surface area contributed by atoms with Crippen LogP contribution in [0.15, 0.2) is 24.4 Å². The number of aryl methyl sites for hydroxylation is 1. The molecular formula is C20H21N9O2. The Morgan fingerprint density at radius 3 is 3.06 bits per heavy atom. The fourth-order valence-electron chi connectivity index (χ4n) is 4.29. The minimum Gasteiger partial charge on any atom is -0.373 e. The van der Waals surface area contributed by atoms with Gasteiger partial charge in [0.2, 0.25) is 0 Å². The quantitative estimate of drug-likeness (QED) is 0.478. The molecule has 0 spiro atoms. The molecule has 1 amide bonds. The molecule has 0 radical (unpaired) electrons. The number of carbonyl (C=O) groups excluding carboxylic acids is 1. The summed E-state index contributed by atoms with van der Waals surface area (Å²) in [6, 6.07) is 5.90. The number of aromatic nitrogens is 6. The largest absolute Gasteiger partial charge is 0.373 e. The maximum Gasteiger partial charge on any atom is 0.259 e. The molecule has 2 aliphatic rings. The number of hydrogen-bond acceptors (Lipinski definition) is 8. The Morgan fingerprint density at radius 2 is 2.19 bits per heavy atom. The molecule has 0 unspecified atom stereocenters. The second-order valence-corrected chi connectivity index (χ2v) is 7.89. The van der Waals surface area contributed by atoms with Gasteiger partial charge in [-0.25, -0.2) is 9.67 Å². The molecule has 1 aromatic carbocycles. The Labute approximate surface area is 177 Å². The van der Waals surface area contributed by atoms with Gasteiger partial charge in [-0.15, -0.1) is 5.10 Å². The van der Waals surface area contributed by atoms with Crippen LogP contribution in [-0.2, 0) is 18.4 Å². The summed E-state index contributed by atoms with van der Waals surface area (Å²) >= 11 is 0. The maximum absolute atomic E-state index is 13.2. The third kappa shape index (κ3) is 2.81. The predicted molar refractivity (Wildman–Crippen MR) is 113 cm³/mol. The van der Waals surface area contributed by atoms with Crippen molar-refractivity contribution in [2.45, 2.75) is 19.1 Å². The minimum atomic E-state index is -0.0836. The molecule has 1 saturated heterocycles. The van der Waals surface area contributed by atoms with Crippen LogP contribution in [0.1, 0.15) is 22.3 Å².